The average molecular weight is 580 g/mol. The zero-order valence-corrected chi connectivity index (χ0v) is 25.0. The minimum atomic E-state index is 0.990. The van der Waals surface area contributed by atoms with E-state index in [9.17, 15) is 0 Å². The van der Waals surface area contributed by atoms with Gasteiger partial charge in [-0.1, -0.05) is 84.9 Å². The maximum Gasteiger partial charge on any atom is 0.0772 e. The second kappa shape index (κ2) is 9.79. The van der Waals surface area contributed by atoms with E-state index in [2.05, 4.69) is 155 Å². The van der Waals surface area contributed by atoms with Gasteiger partial charge in [-0.25, -0.2) is 9.36 Å². The molecule has 0 N–H and O–H groups in total. The monoisotopic (exact) mass is 579 g/mol. The Kier molecular flexibility index (Phi) is 5.56. The van der Waals surface area contributed by atoms with Gasteiger partial charge in [0.05, 0.1) is 44.8 Å². The van der Waals surface area contributed by atoms with Crippen molar-refractivity contribution < 1.29 is 0 Å². The molecule has 0 saturated carbocycles. The normalized spacial score (nSPS) is 11.8. The fourth-order valence-electron chi connectivity index (χ4n) is 7.03. The molecule has 0 spiro atoms. The van der Waals surface area contributed by atoms with Crippen molar-refractivity contribution in [3.8, 4) is 28.2 Å². The third kappa shape index (κ3) is 3.80. The van der Waals surface area contributed by atoms with E-state index in [0.29, 0.717) is 0 Å². The van der Waals surface area contributed by atoms with Crippen LogP contribution in [0.5, 0.6) is 0 Å². The van der Waals surface area contributed by atoms with Gasteiger partial charge in [0.15, 0.2) is 0 Å². The lowest BCUT2D eigenvalue weighted by molar-refractivity contribution is 0.882. The number of hydrogen-bond acceptors (Lipinski definition) is 2. The summed E-state index contributed by atoms with van der Waals surface area (Å²) < 4.78 is 6.50. The summed E-state index contributed by atoms with van der Waals surface area (Å²) >= 11 is 0. The molecule has 9 rings (SSSR count). The number of aromatic nitrogens is 5. The Morgan fingerprint density at radius 2 is 0.867 bits per heavy atom. The number of aryl methyl sites for hydroxylation is 2. The summed E-state index contributed by atoms with van der Waals surface area (Å²) in [5, 5.41) is 15.0. The highest BCUT2D eigenvalue weighted by molar-refractivity contribution is 6.14. The summed E-state index contributed by atoms with van der Waals surface area (Å²) in [6.07, 6.45) is 0. The minimum absolute atomic E-state index is 0.990. The first-order chi connectivity index (χ1) is 22.2. The first-order valence-corrected chi connectivity index (χ1v) is 15.3. The quantitative estimate of drug-likeness (QED) is 0.208. The largest absolute Gasteiger partial charge is 0.309 e. The maximum atomic E-state index is 5.09. The zero-order chi connectivity index (χ0) is 30.1. The molecule has 214 valence electrons. The van der Waals surface area contributed by atoms with Crippen LogP contribution in [0.1, 0.15) is 11.4 Å². The van der Waals surface area contributed by atoms with Crippen LogP contribution in [0.4, 0.5) is 0 Å². The van der Waals surface area contributed by atoms with Crippen molar-refractivity contribution in [2.75, 3.05) is 0 Å². The molecule has 0 atom stereocenters. The molecule has 3 aromatic heterocycles. The van der Waals surface area contributed by atoms with E-state index in [4.69, 9.17) is 10.2 Å². The van der Waals surface area contributed by atoms with Gasteiger partial charge >= 0.3 is 0 Å². The van der Waals surface area contributed by atoms with Gasteiger partial charge in [-0.05, 0) is 74.0 Å². The van der Waals surface area contributed by atoms with E-state index in [0.717, 1.165) is 61.4 Å². The first-order valence-electron chi connectivity index (χ1n) is 15.3. The Hall–Kier alpha value is -5.94. The molecule has 0 fully saturated rings. The minimum Gasteiger partial charge on any atom is -0.309 e. The number of benzene rings is 6. The van der Waals surface area contributed by atoms with Crippen molar-refractivity contribution in [2.24, 2.45) is 0 Å². The van der Waals surface area contributed by atoms with Crippen molar-refractivity contribution in [3.63, 3.8) is 0 Å². The SMILES string of the molecule is Cc1nn(-c2ccccc2)c2cc3c(c(C)nn3-c3ccccc3)c(-c3ccc(-n4c5ccccc5c5ccccc54)cc3)c12. The molecule has 6 aromatic carbocycles. The smallest absolute Gasteiger partial charge is 0.0772 e. The number of rotatable bonds is 4. The van der Waals surface area contributed by atoms with E-state index in [1.54, 1.807) is 0 Å². The van der Waals surface area contributed by atoms with Crippen LogP contribution >= 0.6 is 0 Å². The molecule has 0 aliphatic heterocycles. The van der Waals surface area contributed by atoms with E-state index in [1.807, 2.05) is 12.1 Å². The fraction of sp³-hybridized carbons (Fsp3) is 0.0500. The lowest BCUT2D eigenvalue weighted by Crippen LogP contribution is -1.98. The van der Waals surface area contributed by atoms with Crippen LogP contribution in [0.3, 0.4) is 0 Å². The average Bonchev–Trinajstić information content (AvgIpc) is 3.74. The Bertz CT molecular complexity index is 2380. The number of hydrogen-bond donors (Lipinski definition) is 0. The van der Waals surface area contributed by atoms with Gasteiger partial charge in [-0.2, -0.15) is 10.2 Å². The van der Waals surface area contributed by atoms with E-state index in [-0.39, 0.29) is 0 Å². The van der Waals surface area contributed by atoms with Crippen molar-refractivity contribution in [3.05, 3.63) is 151 Å². The molecule has 9 aromatic rings. The number of fused-ring (bicyclic) bond motifs is 5. The molecule has 0 saturated heterocycles. The Morgan fingerprint density at radius 1 is 0.422 bits per heavy atom. The lowest BCUT2D eigenvalue weighted by atomic mass is 9.95. The van der Waals surface area contributed by atoms with Crippen molar-refractivity contribution in [1.82, 2.24) is 24.1 Å². The topological polar surface area (TPSA) is 40.6 Å². The molecule has 5 nitrogen and oxygen atoms in total. The van der Waals surface area contributed by atoms with Gasteiger partial charge in [0.2, 0.25) is 0 Å². The van der Waals surface area contributed by atoms with E-state index >= 15 is 0 Å². The van der Waals surface area contributed by atoms with Crippen LogP contribution in [0.25, 0.3) is 71.8 Å². The molecular weight excluding hydrogens is 550 g/mol. The third-order valence-electron chi connectivity index (χ3n) is 8.96. The molecule has 0 aliphatic carbocycles. The van der Waals surface area contributed by atoms with E-state index < -0.39 is 0 Å². The molecule has 0 radical (unpaired) electrons. The molecule has 0 amide bonds. The fourth-order valence-corrected chi connectivity index (χ4v) is 7.03. The predicted molar refractivity (Wildman–Crippen MR) is 185 cm³/mol. The summed E-state index contributed by atoms with van der Waals surface area (Å²) in [4.78, 5) is 0. The van der Waals surface area contributed by atoms with Crippen LogP contribution in [0, 0.1) is 13.8 Å². The van der Waals surface area contributed by atoms with Crippen LogP contribution in [-0.2, 0) is 0 Å². The predicted octanol–water partition coefficient (Wildman–Crippen LogP) is 9.75. The maximum absolute atomic E-state index is 5.09. The van der Waals surface area contributed by atoms with Crippen LogP contribution in [0.15, 0.2) is 140 Å². The third-order valence-corrected chi connectivity index (χ3v) is 8.96. The van der Waals surface area contributed by atoms with Crippen molar-refractivity contribution in [2.45, 2.75) is 13.8 Å². The highest BCUT2D eigenvalue weighted by Gasteiger charge is 2.23. The molecule has 0 aliphatic rings. The second-order valence-corrected chi connectivity index (χ2v) is 11.6. The highest BCUT2D eigenvalue weighted by atomic mass is 15.3. The lowest BCUT2D eigenvalue weighted by Gasteiger charge is -2.13. The molecule has 3 heterocycles. The number of para-hydroxylation sites is 4. The summed E-state index contributed by atoms with van der Waals surface area (Å²) in [5.41, 5.74) is 12.0. The van der Waals surface area contributed by atoms with Crippen LogP contribution in [0.2, 0.25) is 0 Å². The van der Waals surface area contributed by atoms with Crippen LogP contribution < -0.4 is 0 Å². The molecule has 45 heavy (non-hydrogen) atoms. The Balaban J connectivity index is 1.32. The van der Waals surface area contributed by atoms with Crippen molar-refractivity contribution >= 4 is 43.6 Å². The highest BCUT2D eigenvalue weighted by Crippen LogP contribution is 2.41. The molecule has 0 bridgehead atoms. The van der Waals surface area contributed by atoms with Gasteiger partial charge in [0.1, 0.15) is 0 Å². The van der Waals surface area contributed by atoms with Crippen molar-refractivity contribution in [1.29, 1.82) is 0 Å². The molecule has 5 heteroatoms. The standard InChI is InChI=1S/C40H29N5/c1-26-38-36(44(41-26)30-13-5-3-6-14-30)25-37-39(27(2)42-45(37)31-15-7-4-8-16-31)40(38)28-21-23-29(24-22-28)43-34-19-11-9-17-32(34)33-18-10-12-20-35(33)43/h3-25H,1-2H3. The Labute approximate surface area is 260 Å². The first kappa shape index (κ1) is 25.5. The van der Waals surface area contributed by atoms with E-state index in [1.165, 1.54) is 21.8 Å². The van der Waals surface area contributed by atoms with Gasteiger partial charge in [-0.3, -0.25) is 0 Å². The summed E-state index contributed by atoms with van der Waals surface area (Å²) in [6, 6.07) is 49.3. The van der Waals surface area contributed by atoms with Gasteiger partial charge in [0.25, 0.3) is 0 Å². The van der Waals surface area contributed by atoms with Gasteiger partial charge < -0.3 is 4.57 Å². The zero-order valence-electron chi connectivity index (χ0n) is 25.0. The van der Waals surface area contributed by atoms with Crippen LogP contribution in [-0.4, -0.2) is 24.1 Å². The number of nitrogens with zero attached hydrogens (tertiary/aromatic N) is 5. The molecular formula is C40H29N5. The molecule has 0 unspecified atom stereocenters. The van der Waals surface area contributed by atoms with Gasteiger partial charge in [0, 0.05) is 32.8 Å². The summed E-state index contributed by atoms with van der Waals surface area (Å²) in [5.74, 6) is 0. The van der Waals surface area contributed by atoms with Gasteiger partial charge in [-0.15, -0.1) is 0 Å². The second-order valence-electron chi connectivity index (χ2n) is 11.6. The summed E-state index contributed by atoms with van der Waals surface area (Å²) in [7, 11) is 0. The summed E-state index contributed by atoms with van der Waals surface area (Å²) in [6.45, 7) is 4.22. The Morgan fingerprint density at radius 3 is 1.36 bits per heavy atom.